The number of benzene rings is 3. The number of pyridine rings is 1. The van der Waals surface area contributed by atoms with E-state index >= 15 is 0 Å². The van der Waals surface area contributed by atoms with E-state index in [9.17, 15) is 15.0 Å². The summed E-state index contributed by atoms with van der Waals surface area (Å²) in [6.07, 6.45) is 3.29. The maximum Gasteiger partial charge on any atom is 0.257 e. The zero-order valence-electron chi connectivity index (χ0n) is 25.2. The van der Waals surface area contributed by atoms with Gasteiger partial charge in [0.1, 0.15) is 0 Å². The van der Waals surface area contributed by atoms with Crippen LogP contribution >= 0.6 is 11.6 Å². The van der Waals surface area contributed by atoms with Gasteiger partial charge in [-0.15, -0.1) is 0 Å². The minimum Gasteiger partial charge on any atom is -0.392 e. The van der Waals surface area contributed by atoms with E-state index in [0.29, 0.717) is 35.7 Å². The molecule has 1 amide bonds. The van der Waals surface area contributed by atoms with E-state index in [0.717, 1.165) is 35.3 Å². The molecule has 6 rings (SSSR count). The van der Waals surface area contributed by atoms with Crippen LogP contribution in [0.4, 0.5) is 5.69 Å². The number of amides is 1. The molecule has 2 aliphatic rings. The number of carbonyl (C=O) groups is 1. The van der Waals surface area contributed by atoms with Crippen LogP contribution in [0.3, 0.4) is 0 Å². The van der Waals surface area contributed by atoms with Crippen LogP contribution in [0, 0.1) is 5.92 Å². The Labute approximate surface area is 268 Å². The van der Waals surface area contributed by atoms with Crippen LogP contribution < -0.4 is 5.32 Å². The lowest BCUT2D eigenvalue weighted by molar-refractivity contribution is -0.277. The Kier molecular flexibility index (Phi) is 9.61. The molecule has 0 spiro atoms. The smallest absolute Gasteiger partial charge is 0.257 e. The highest BCUT2D eigenvalue weighted by Crippen LogP contribution is 2.43. The molecule has 3 N–H and O–H groups in total. The number of nitrogens with one attached hydrogen (secondary N) is 1. The molecule has 0 aliphatic carbocycles. The molecule has 2 fully saturated rings. The lowest BCUT2D eigenvalue weighted by Gasteiger charge is -2.45. The predicted octanol–water partition coefficient (Wildman–Crippen LogP) is 6.25. The van der Waals surface area contributed by atoms with Gasteiger partial charge in [0.25, 0.3) is 5.91 Å². The number of rotatable bonds is 8. The van der Waals surface area contributed by atoms with Gasteiger partial charge < -0.3 is 29.9 Å². The lowest BCUT2D eigenvalue weighted by Crippen LogP contribution is -2.49. The molecule has 4 atom stereocenters. The second-order valence-corrected chi connectivity index (χ2v) is 12.4. The first-order chi connectivity index (χ1) is 21.8. The maximum atomic E-state index is 12.8. The maximum absolute atomic E-state index is 12.8. The number of aromatic nitrogens is 1. The van der Waals surface area contributed by atoms with Gasteiger partial charge in [0.05, 0.1) is 30.0 Å². The number of ether oxygens (including phenoxy) is 2. The summed E-state index contributed by atoms with van der Waals surface area (Å²) in [7, 11) is 0. The third-order valence-corrected chi connectivity index (χ3v) is 9.22. The fourth-order valence-electron chi connectivity index (χ4n) is 6.20. The molecule has 3 aromatic carbocycles. The van der Waals surface area contributed by atoms with Gasteiger partial charge in [0.2, 0.25) is 0 Å². The number of hydrogen-bond acceptors (Lipinski definition) is 7. The summed E-state index contributed by atoms with van der Waals surface area (Å²) in [4.78, 5) is 19.2. The fourth-order valence-corrected chi connectivity index (χ4v) is 6.33. The third-order valence-electron chi connectivity index (χ3n) is 8.97. The predicted molar refractivity (Wildman–Crippen MR) is 173 cm³/mol. The highest BCUT2D eigenvalue weighted by Gasteiger charge is 2.41. The van der Waals surface area contributed by atoms with Crippen molar-refractivity contribution in [2.24, 2.45) is 5.92 Å². The Morgan fingerprint density at radius 2 is 1.76 bits per heavy atom. The Bertz CT molecular complexity index is 1580. The molecular formula is C36H38ClN3O5. The van der Waals surface area contributed by atoms with Crippen molar-refractivity contribution in [1.82, 2.24) is 9.88 Å². The Balaban J connectivity index is 1.20. The molecule has 0 radical (unpaired) electrons. The van der Waals surface area contributed by atoms with Crippen molar-refractivity contribution < 1.29 is 24.5 Å². The summed E-state index contributed by atoms with van der Waals surface area (Å²) in [5.41, 5.74) is 3.75. The van der Waals surface area contributed by atoms with Crippen molar-refractivity contribution in [1.29, 1.82) is 0 Å². The van der Waals surface area contributed by atoms with Crippen molar-refractivity contribution in [3.05, 3.63) is 130 Å². The topological polar surface area (TPSA) is 104 Å². The molecule has 0 unspecified atom stereocenters. The number of aliphatic hydroxyl groups excluding tert-OH is 1. The molecule has 9 heteroatoms. The first-order valence-electron chi connectivity index (χ1n) is 15.3. The standard InChI is InChI=1S/C36H38ClN3O5/c1-24-32(22-40-18-15-36(43,16-19-40)29-11-13-30(37)14-12-29)44-35(45-33(24)26-9-7-25(23-41)8-10-26)27-4-2-6-31(20-27)39-34(42)28-5-3-17-38-21-28/h2-14,17,20-21,24,32-33,35,41,43H,15-16,18-19,22-23H2,1H3,(H,39,42)/t24-,32+,33+,35+/m0/s1. The highest BCUT2D eigenvalue weighted by atomic mass is 35.5. The van der Waals surface area contributed by atoms with Crippen LogP contribution in [0.2, 0.25) is 5.02 Å². The molecule has 234 valence electrons. The minimum absolute atomic E-state index is 0.0202. The van der Waals surface area contributed by atoms with E-state index in [1.807, 2.05) is 72.8 Å². The van der Waals surface area contributed by atoms with Crippen LogP contribution in [0.5, 0.6) is 0 Å². The number of nitrogens with zero attached hydrogens (tertiary/aromatic N) is 2. The monoisotopic (exact) mass is 627 g/mol. The van der Waals surface area contributed by atoms with E-state index in [1.165, 1.54) is 6.20 Å². The quantitative estimate of drug-likeness (QED) is 0.212. The average molecular weight is 628 g/mol. The van der Waals surface area contributed by atoms with Gasteiger partial charge in [-0.1, -0.05) is 67.1 Å². The van der Waals surface area contributed by atoms with Crippen LogP contribution in [0.25, 0.3) is 0 Å². The first kappa shape index (κ1) is 31.4. The van der Waals surface area contributed by atoms with Crippen LogP contribution in [-0.4, -0.2) is 51.7 Å². The van der Waals surface area contributed by atoms with E-state index in [-0.39, 0.29) is 30.6 Å². The van der Waals surface area contributed by atoms with Crippen LogP contribution in [-0.2, 0) is 21.7 Å². The SMILES string of the molecule is C[C@H]1[C@@H](CN2CCC(O)(c3ccc(Cl)cc3)CC2)O[C@@H](c2cccc(NC(=O)c3cccnc3)c2)O[C@H]1c1ccc(CO)cc1. The largest absolute Gasteiger partial charge is 0.392 e. The Morgan fingerprint density at radius 3 is 2.44 bits per heavy atom. The van der Waals surface area contributed by atoms with Gasteiger partial charge in [-0.2, -0.15) is 0 Å². The van der Waals surface area contributed by atoms with Gasteiger partial charge in [0.15, 0.2) is 6.29 Å². The highest BCUT2D eigenvalue weighted by molar-refractivity contribution is 6.30. The lowest BCUT2D eigenvalue weighted by atomic mass is 9.84. The Morgan fingerprint density at radius 1 is 1.00 bits per heavy atom. The number of anilines is 1. The van der Waals surface area contributed by atoms with E-state index in [4.69, 9.17) is 21.1 Å². The number of likely N-dealkylation sites (tertiary alicyclic amines) is 1. The van der Waals surface area contributed by atoms with Crippen LogP contribution in [0.15, 0.2) is 97.3 Å². The average Bonchev–Trinajstić information content (AvgIpc) is 3.07. The summed E-state index contributed by atoms with van der Waals surface area (Å²) in [5, 5.41) is 24.6. The van der Waals surface area contributed by atoms with Crippen molar-refractivity contribution in [3.63, 3.8) is 0 Å². The van der Waals surface area contributed by atoms with Crippen molar-refractivity contribution in [3.8, 4) is 0 Å². The number of halogens is 1. The van der Waals surface area contributed by atoms with Gasteiger partial charge in [-0.05, 0) is 65.9 Å². The summed E-state index contributed by atoms with van der Waals surface area (Å²) in [5.74, 6) is -0.227. The summed E-state index contributed by atoms with van der Waals surface area (Å²) < 4.78 is 13.3. The molecule has 45 heavy (non-hydrogen) atoms. The number of carbonyl (C=O) groups excluding carboxylic acids is 1. The second kappa shape index (κ2) is 13.8. The zero-order valence-corrected chi connectivity index (χ0v) is 25.9. The molecule has 0 saturated carbocycles. The minimum atomic E-state index is -0.885. The van der Waals surface area contributed by atoms with Crippen molar-refractivity contribution >= 4 is 23.2 Å². The van der Waals surface area contributed by atoms with E-state index < -0.39 is 11.9 Å². The third kappa shape index (κ3) is 7.28. The number of aliphatic hydroxyl groups is 2. The number of piperidine rings is 1. The van der Waals surface area contributed by atoms with Gasteiger partial charge >= 0.3 is 0 Å². The normalized spacial score (nSPS) is 23.4. The Hall–Kier alpha value is -3.63. The molecule has 2 saturated heterocycles. The number of hydrogen-bond donors (Lipinski definition) is 3. The first-order valence-corrected chi connectivity index (χ1v) is 15.7. The van der Waals surface area contributed by atoms with Gasteiger partial charge in [-0.25, -0.2) is 0 Å². The summed E-state index contributed by atoms with van der Waals surface area (Å²) in [6.45, 7) is 4.25. The van der Waals surface area contributed by atoms with Gasteiger partial charge in [0, 0.05) is 54.2 Å². The summed E-state index contributed by atoms with van der Waals surface area (Å²) >= 11 is 6.08. The molecule has 0 bridgehead atoms. The zero-order chi connectivity index (χ0) is 31.4. The molecule has 4 aromatic rings. The molecular weight excluding hydrogens is 590 g/mol. The molecule has 1 aromatic heterocycles. The second-order valence-electron chi connectivity index (χ2n) is 12.0. The van der Waals surface area contributed by atoms with Crippen molar-refractivity contribution in [2.75, 3.05) is 25.0 Å². The van der Waals surface area contributed by atoms with E-state index in [2.05, 4.69) is 22.1 Å². The molecule has 2 aliphatic heterocycles. The molecule has 3 heterocycles. The summed E-state index contributed by atoms with van der Waals surface area (Å²) in [6, 6.07) is 26.3. The fraction of sp³-hybridized carbons (Fsp3) is 0.333. The van der Waals surface area contributed by atoms with Gasteiger partial charge in [-0.3, -0.25) is 9.78 Å². The van der Waals surface area contributed by atoms with Crippen molar-refractivity contribution in [2.45, 2.75) is 50.5 Å². The molecule has 8 nitrogen and oxygen atoms in total. The van der Waals surface area contributed by atoms with E-state index in [1.54, 1.807) is 18.3 Å². The van der Waals surface area contributed by atoms with Crippen LogP contribution in [0.1, 0.15) is 64.8 Å².